The van der Waals surface area contributed by atoms with Gasteiger partial charge in [-0.05, 0) is 48.5 Å². The number of carbonyl (C=O) groups is 2. The van der Waals surface area contributed by atoms with E-state index in [1.54, 1.807) is 54.6 Å². The van der Waals surface area contributed by atoms with Gasteiger partial charge in [-0.3, -0.25) is 4.79 Å². The predicted octanol–water partition coefficient (Wildman–Crippen LogP) is 5.60. The van der Waals surface area contributed by atoms with Crippen molar-refractivity contribution in [2.24, 2.45) is 0 Å². The van der Waals surface area contributed by atoms with Gasteiger partial charge in [-0.2, -0.15) is 0 Å². The van der Waals surface area contributed by atoms with Crippen LogP contribution in [0.3, 0.4) is 0 Å². The topological polar surface area (TPSA) is 84.5 Å². The maximum absolute atomic E-state index is 12.5. The number of nitrogens with one attached hydrogen (secondary N) is 1. The first-order chi connectivity index (χ1) is 14.9. The van der Waals surface area contributed by atoms with E-state index < -0.39 is 11.9 Å². The molecule has 0 saturated heterocycles. The van der Waals surface area contributed by atoms with Crippen LogP contribution in [0.1, 0.15) is 20.8 Å². The van der Waals surface area contributed by atoms with Gasteiger partial charge in [0, 0.05) is 39.3 Å². The van der Waals surface area contributed by atoms with Crippen LogP contribution in [0.15, 0.2) is 66.9 Å². The molecule has 2 heterocycles. The molecule has 0 saturated carbocycles. The largest absolute Gasteiger partial charge is 0.464 e. The van der Waals surface area contributed by atoms with Gasteiger partial charge in [-0.15, -0.1) is 0 Å². The van der Waals surface area contributed by atoms with Gasteiger partial charge in [0.25, 0.3) is 5.91 Å². The first kappa shape index (κ1) is 20.7. The second kappa shape index (κ2) is 8.67. The first-order valence-electron chi connectivity index (χ1n) is 9.05. The number of aromatic nitrogens is 2. The van der Waals surface area contributed by atoms with Crippen molar-refractivity contribution in [1.29, 1.82) is 0 Å². The number of aromatic amines is 1. The van der Waals surface area contributed by atoms with E-state index in [0.29, 0.717) is 33.6 Å². The number of rotatable bonds is 5. The van der Waals surface area contributed by atoms with Crippen molar-refractivity contribution in [2.45, 2.75) is 0 Å². The summed E-state index contributed by atoms with van der Waals surface area (Å²) < 4.78 is 11.5. The zero-order valence-electron chi connectivity index (χ0n) is 16.1. The van der Waals surface area contributed by atoms with Crippen molar-refractivity contribution in [3.05, 3.63) is 83.1 Å². The van der Waals surface area contributed by atoms with Crippen molar-refractivity contribution >= 4 is 51.8 Å². The van der Waals surface area contributed by atoms with Gasteiger partial charge in [0.05, 0.1) is 19.0 Å². The fourth-order valence-corrected chi connectivity index (χ4v) is 3.30. The zero-order chi connectivity index (χ0) is 22.0. The number of benzene rings is 2. The standard InChI is InChI=1S/C22H15Cl2N3O4/c1-30-22(29)19-11-14-10-17(6-7-18(14)26-19)31-20-8-5-16(12-25-20)27(24)21(28)13-3-2-4-15(23)9-13/h2-12,26H,1H3. The van der Waals surface area contributed by atoms with E-state index in [-0.39, 0.29) is 0 Å². The van der Waals surface area contributed by atoms with Crippen molar-refractivity contribution in [3.8, 4) is 11.6 Å². The summed E-state index contributed by atoms with van der Waals surface area (Å²) in [4.78, 5) is 31.4. The number of anilines is 1. The molecule has 0 bridgehead atoms. The van der Waals surface area contributed by atoms with Crippen molar-refractivity contribution in [3.63, 3.8) is 0 Å². The van der Waals surface area contributed by atoms with E-state index in [9.17, 15) is 9.59 Å². The van der Waals surface area contributed by atoms with Crippen LogP contribution in [0.25, 0.3) is 10.9 Å². The third-order valence-corrected chi connectivity index (χ3v) is 5.00. The average molecular weight is 456 g/mol. The van der Waals surface area contributed by atoms with Gasteiger partial charge in [-0.1, -0.05) is 17.7 Å². The Morgan fingerprint density at radius 2 is 1.90 bits per heavy atom. The molecule has 0 unspecified atom stereocenters. The maximum Gasteiger partial charge on any atom is 0.354 e. The highest BCUT2D eigenvalue weighted by Crippen LogP contribution is 2.27. The molecule has 0 spiro atoms. The molecule has 4 aromatic rings. The second-order valence-electron chi connectivity index (χ2n) is 6.48. The van der Waals surface area contributed by atoms with Crippen LogP contribution in [0.4, 0.5) is 5.69 Å². The number of nitrogens with zero attached hydrogens (tertiary/aromatic N) is 2. The van der Waals surface area contributed by atoms with Crippen LogP contribution < -0.4 is 9.16 Å². The summed E-state index contributed by atoms with van der Waals surface area (Å²) in [7, 11) is 1.32. The molecule has 2 aromatic heterocycles. The van der Waals surface area contributed by atoms with Crippen LogP contribution in [-0.4, -0.2) is 29.0 Å². The maximum atomic E-state index is 12.5. The highest BCUT2D eigenvalue weighted by atomic mass is 35.5. The number of ether oxygens (including phenoxy) is 2. The van der Waals surface area contributed by atoms with Crippen LogP contribution in [-0.2, 0) is 4.74 Å². The lowest BCUT2D eigenvalue weighted by Gasteiger charge is -2.14. The minimum absolute atomic E-state index is 0.312. The van der Waals surface area contributed by atoms with E-state index >= 15 is 0 Å². The molecule has 7 nitrogen and oxygen atoms in total. The molecule has 1 N–H and O–H groups in total. The summed E-state index contributed by atoms with van der Waals surface area (Å²) in [5.41, 5.74) is 1.86. The quantitative estimate of drug-likeness (QED) is 0.312. The molecular weight excluding hydrogens is 441 g/mol. The third kappa shape index (κ3) is 4.47. The Bertz CT molecular complexity index is 1270. The van der Waals surface area contributed by atoms with Gasteiger partial charge in [0.1, 0.15) is 11.4 Å². The Labute approximate surface area is 187 Å². The fraction of sp³-hybridized carbons (Fsp3) is 0.0455. The Morgan fingerprint density at radius 3 is 2.61 bits per heavy atom. The number of hydrogen-bond acceptors (Lipinski definition) is 5. The van der Waals surface area contributed by atoms with Crippen LogP contribution in [0, 0.1) is 0 Å². The van der Waals surface area contributed by atoms with E-state index in [1.807, 2.05) is 0 Å². The Kier molecular flexibility index (Phi) is 5.79. The number of esters is 1. The Hall–Kier alpha value is -3.55. The number of fused-ring (bicyclic) bond motifs is 1. The zero-order valence-corrected chi connectivity index (χ0v) is 17.6. The van der Waals surface area contributed by atoms with E-state index in [4.69, 9.17) is 32.9 Å². The lowest BCUT2D eigenvalue weighted by atomic mass is 10.2. The molecule has 0 fully saturated rings. The molecule has 0 atom stereocenters. The SMILES string of the molecule is COC(=O)c1cc2cc(Oc3ccc(N(Cl)C(=O)c4cccc(Cl)c4)cn3)ccc2[nH]1. The number of amides is 1. The summed E-state index contributed by atoms with van der Waals surface area (Å²) in [6.45, 7) is 0. The van der Waals surface area contributed by atoms with Crippen LogP contribution in [0.2, 0.25) is 5.02 Å². The average Bonchev–Trinajstić information content (AvgIpc) is 3.21. The van der Waals surface area contributed by atoms with Gasteiger partial charge in [0.2, 0.25) is 5.88 Å². The molecule has 0 aliphatic carbocycles. The minimum Gasteiger partial charge on any atom is -0.464 e. The molecule has 31 heavy (non-hydrogen) atoms. The monoisotopic (exact) mass is 455 g/mol. The Morgan fingerprint density at radius 1 is 1.06 bits per heavy atom. The molecule has 9 heteroatoms. The van der Waals surface area contributed by atoms with Crippen LogP contribution >= 0.6 is 23.4 Å². The van der Waals surface area contributed by atoms with Gasteiger partial charge >= 0.3 is 5.97 Å². The number of H-pyrrole nitrogens is 1. The molecule has 4 rings (SSSR count). The number of methoxy groups -OCH3 is 1. The molecule has 1 amide bonds. The molecule has 0 radical (unpaired) electrons. The minimum atomic E-state index is -0.450. The molecule has 156 valence electrons. The van der Waals surface area contributed by atoms with E-state index in [0.717, 1.165) is 15.3 Å². The number of carbonyl (C=O) groups excluding carboxylic acids is 2. The molecule has 0 aliphatic rings. The van der Waals surface area contributed by atoms with Crippen LogP contribution in [0.5, 0.6) is 11.6 Å². The lowest BCUT2D eigenvalue weighted by Crippen LogP contribution is -2.20. The highest BCUT2D eigenvalue weighted by Gasteiger charge is 2.17. The Balaban J connectivity index is 1.49. The van der Waals surface area contributed by atoms with E-state index in [2.05, 4.69) is 9.97 Å². The van der Waals surface area contributed by atoms with E-state index in [1.165, 1.54) is 19.4 Å². The molecule has 2 aromatic carbocycles. The van der Waals surface area contributed by atoms with Crippen molar-refractivity contribution < 1.29 is 19.1 Å². The van der Waals surface area contributed by atoms with Crippen molar-refractivity contribution in [1.82, 2.24) is 9.97 Å². The van der Waals surface area contributed by atoms with Gasteiger partial charge in [0.15, 0.2) is 0 Å². The smallest absolute Gasteiger partial charge is 0.354 e. The first-order valence-corrected chi connectivity index (χ1v) is 9.77. The van der Waals surface area contributed by atoms with Crippen molar-refractivity contribution in [2.75, 3.05) is 11.5 Å². The summed E-state index contributed by atoms with van der Waals surface area (Å²) >= 11 is 12.1. The predicted molar refractivity (Wildman–Crippen MR) is 118 cm³/mol. The van der Waals surface area contributed by atoms with Gasteiger partial charge in [-0.25, -0.2) is 14.2 Å². The summed E-state index contributed by atoms with van der Waals surface area (Å²) in [5.74, 6) is -0.0409. The highest BCUT2D eigenvalue weighted by molar-refractivity contribution is 6.39. The summed E-state index contributed by atoms with van der Waals surface area (Å²) in [6, 6.07) is 16.7. The fourth-order valence-electron chi connectivity index (χ4n) is 2.92. The number of halogens is 2. The summed E-state index contributed by atoms with van der Waals surface area (Å²) in [5, 5.41) is 1.23. The number of hydrogen-bond donors (Lipinski definition) is 1. The summed E-state index contributed by atoms with van der Waals surface area (Å²) in [6.07, 6.45) is 1.43. The second-order valence-corrected chi connectivity index (χ2v) is 7.25. The van der Waals surface area contributed by atoms with Gasteiger partial charge < -0.3 is 14.5 Å². The number of pyridine rings is 1. The normalized spacial score (nSPS) is 10.7. The third-order valence-electron chi connectivity index (χ3n) is 4.42. The lowest BCUT2D eigenvalue weighted by molar-refractivity contribution is 0.0595. The molecule has 0 aliphatic heterocycles. The molecular formula is C22H15Cl2N3O4.